The van der Waals surface area contributed by atoms with Crippen LogP contribution in [0, 0.1) is 5.92 Å². The summed E-state index contributed by atoms with van der Waals surface area (Å²) in [4.78, 5) is 142. The van der Waals surface area contributed by atoms with Gasteiger partial charge in [-0.25, -0.2) is 4.79 Å². The van der Waals surface area contributed by atoms with Crippen LogP contribution in [0.2, 0.25) is 0 Å². The predicted molar refractivity (Wildman–Crippen MR) is 260 cm³/mol. The maximum absolute atomic E-state index is 14.2. The highest BCUT2D eigenvalue weighted by Gasteiger charge is 2.44. The Morgan fingerprint density at radius 1 is 0.643 bits per heavy atom. The summed E-state index contributed by atoms with van der Waals surface area (Å²) in [7, 11) is 0. The molecule has 0 aromatic heterocycles. The maximum Gasteiger partial charge on any atom is 0.326 e. The van der Waals surface area contributed by atoms with Gasteiger partial charge in [0.15, 0.2) is 5.96 Å². The number of amides is 9. The van der Waals surface area contributed by atoms with Gasteiger partial charge in [0.1, 0.15) is 48.3 Å². The number of carboxylic acid groups (broad SMARTS) is 1. The lowest BCUT2D eigenvalue weighted by molar-refractivity contribution is -0.147. The van der Waals surface area contributed by atoms with Gasteiger partial charge in [-0.3, -0.25) is 48.1 Å². The molecule has 3 saturated heterocycles. The first kappa shape index (κ1) is 58.6. The second-order valence-corrected chi connectivity index (χ2v) is 18.9. The number of thiol groups is 1. The molecule has 0 spiro atoms. The van der Waals surface area contributed by atoms with Crippen LogP contribution in [0.25, 0.3) is 0 Å². The van der Waals surface area contributed by atoms with Gasteiger partial charge < -0.3 is 75.1 Å². The summed E-state index contributed by atoms with van der Waals surface area (Å²) in [6.45, 7) is 6.16. The highest BCUT2D eigenvalue weighted by Crippen LogP contribution is 2.26. The van der Waals surface area contributed by atoms with E-state index in [2.05, 4.69) is 44.2 Å². The van der Waals surface area contributed by atoms with Crippen molar-refractivity contribution < 1.29 is 53.1 Å². The first-order valence-corrected chi connectivity index (χ1v) is 24.8. The van der Waals surface area contributed by atoms with Crippen LogP contribution in [0.15, 0.2) is 4.99 Å². The Labute approximate surface area is 414 Å². The number of unbranched alkanes of at least 4 members (excludes halogenated alkanes) is 1. The molecule has 3 aliphatic rings. The van der Waals surface area contributed by atoms with E-state index in [-0.39, 0.29) is 88.1 Å². The molecule has 394 valence electrons. The average Bonchev–Trinajstić information content (AvgIpc) is 4.12. The van der Waals surface area contributed by atoms with Crippen LogP contribution in [0.5, 0.6) is 0 Å². The molecular formula is C44H76N14O11S. The van der Waals surface area contributed by atoms with E-state index >= 15 is 0 Å². The highest BCUT2D eigenvalue weighted by molar-refractivity contribution is 7.80. The van der Waals surface area contributed by atoms with Crippen LogP contribution in [-0.2, 0) is 47.9 Å². The van der Waals surface area contributed by atoms with Gasteiger partial charge in [-0.1, -0.05) is 13.8 Å². The van der Waals surface area contributed by atoms with Crippen LogP contribution >= 0.6 is 12.6 Å². The zero-order chi connectivity index (χ0) is 52.2. The third-order valence-electron chi connectivity index (χ3n) is 12.5. The first-order valence-electron chi connectivity index (χ1n) is 24.2. The fourth-order valence-corrected chi connectivity index (χ4v) is 8.99. The summed E-state index contributed by atoms with van der Waals surface area (Å²) in [5.41, 5.74) is 27.8. The van der Waals surface area contributed by atoms with Crippen molar-refractivity contribution in [3.05, 3.63) is 0 Å². The Balaban J connectivity index is 1.74. The molecule has 3 rings (SSSR count). The molecule has 0 aromatic rings. The van der Waals surface area contributed by atoms with Crippen LogP contribution in [0.4, 0.5) is 0 Å². The number of primary amides is 1. The Hall–Kier alpha value is -5.76. The average molecular weight is 1010 g/mol. The van der Waals surface area contributed by atoms with E-state index in [1.54, 1.807) is 13.8 Å². The van der Waals surface area contributed by atoms with Crippen molar-refractivity contribution in [1.29, 1.82) is 0 Å². The molecule has 3 fully saturated rings. The van der Waals surface area contributed by atoms with E-state index in [1.807, 2.05) is 0 Å². The summed E-state index contributed by atoms with van der Waals surface area (Å²) in [6.07, 6.45) is 3.12. The summed E-state index contributed by atoms with van der Waals surface area (Å²) in [5.74, 6) is -7.40. The molecule has 0 radical (unpaired) electrons. The number of carbonyl (C=O) groups is 10. The van der Waals surface area contributed by atoms with Gasteiger partial charge in [0.25, 0.3) is 0 Å². The molecule has 26 heteroatoms. The summed E-state index contributed by atoms with van der Waals surface area (Å²) < 4.78 is 0. The minimum absolute atomic E-state index is 0.00603. The fraction of sp³-hybridized carbons (Fsp3) is 0.750. The molecule has 3 heterocycles. The Bertz CT molecular complexity index is 1910. The highest BCUT2D eigenvalue weighted by atomic mass is 32.1. The third-order valence-corrected chi connectivity index (χ3v) is 12.9. The molecule has 70 heavy (non-hydrogen) atoms. The quantitative estimate of drug-likeness (QED) is 0.0155. The lowest BCUT2D eigenvalue weighted by Gasteiger charge is -2.32. The monoisotopic (exact) mass is 1010 g/mol. The normalized spacial score (nSPS) is 20.3. The van der Waals surface area contributed by atoms with Gasteiger partial charge in [0, 0.05) is 38.4 Å². The van der Waals surface area contributed by atoms with E-state index < -0.39 is 108 Å². The standard InChI is InChI=1S/C44H76N14O11S/c1-24(2)22-30(37(62)53-28(15-16-34(47)59)41(66)56-19-7-13-32(56)39(64)54-29(43(68)69)11-6-18-50-44(48)49)55-36(61)27(10-4-5-17-45)52-35(60)25(3)51-38(63)31-12-8-20-57(31)42(67)33-14-9-21-58(33)40(65)26(46)23-70/h24-33,70H,4-23,45-46H2,1-3H3,(H2,47,59)(H,51,63)(H,52,60)(H,53,62)(H,54,64)(H,55,61)(H,68,69)(H4,48,49,50)/t25-,26-,27-,28-,29-,30-,31-,32-,33-/m0/s1. The molecular weight excluding hydrogens is 933 g/mol. The molecule has 0 saturated carbocycles. The Morgan fingerprint density at radius 3 is 1.74 bits per heavy atom. The molecule has 0 unspecified atom stereocenters. The van der Waals surface area contributed by atoms with Crippen LogP contribution in [-0.4, -0.2) is 178 Å². The second kappa shape index (κ2) is 28.8. The predicted octanol–water partition coefficient (Wildman–Crippen LogP) is -3.76. The van der Waals surface area contributed by atoms with Crippen molar-refractivity contribution in [3.8, 4) is 0 Å². The van der Waals surface area contributed by atoms with Crippen molar-refractivity contribution in [2.45, 2.75) is 165 Å². The van der Waals surface area contributed by atoms with E-state index in [4.69, 9.17) is 28.7 Å². The lowest BCUT2D eigenvalue weighted by Crippen LogP contribution is -2.60. The second-order valence-electron chi connectivity index (χ2n) is 18.5. The van der Waals surface area contributed by atoms with E-state index in [0.29, 0.717) is 58.0 Å². The molecule has 0 aliphatic carbocycles. The number of aliphatic carboxylic acids is 1. The maximum atomic E-state index is 14.2. The largest absolute Gasteiger partial charge is 0.480 e. The minimum atomic E-state index is -1.39. The summed E-state index contributed by atoms with van der Waals surface area (Å²) in [6, 6.07) is -10.0. The molecule has 0 bridgehead atoms. The molecule has 0 aromatic carbocycles. The summed E-state index contributed by atoms with van der Waals surface area (Å²) in [5, 5.41) is 23.0. The first-order chi connectivity index (χ1) is 33.1. The zero-order valence-corrected chi connectivity index (χ0v) is 41.5. The number of nitrogens with one attached hydrogen (secondary N) is 5. The Morgan fingerprint density at radius 2 is 1.17 bits per heavy atom. The molecule has 25 nitrogen and oxygen atoms in total. The molecule has 3 aliphatic heterocycles. The van der Waals surface area contributed by atoms with Crippen molar-refractivity contribution in [2.24, 2.45) is 39.6 Å². The van der Waals surface area contributed by atoms with Crippen molar-refractivity contribution >= 4 is 77.7 Å². The number of carboxylic acids is 1. The fourth-order valence-electron chi connectivity index (χ4n) is 8.83. The van der Waals surface area contributed by atoms with Gasteiger partial charge >= 0.3 is 5.97 Å². The number of aliphatic imine (C=N–C) groups is 1. The van der Waals surface area contributed by atoms with Gasteiger partial charge in [-0.15, -0.1) is 0 Å². The van der Waals surface area contributed by atoms with E-state index in [1.165, 1.54) is 21.6 Å². The zero-order valence-electron chi connectivity index (χ0n) is 40.6. The van der Waals surface area contributed by atoms with Gasteiger partial charge in [0.2, 0.25) is 53.2 Å². The van der Waals surface area contributed by atoms with Gasteiger partial charge in [0.05, 0.1) is 6.04 Å². The van der Waals surface area contributed by atoms with Crippen LogP contribution < -0.4 is 55.3 Å². The van der Waals surface area contributed by atoms with Gasteiger partial charge in [-0.05, 0) is 103 Å². The number of guanidine groups is 1. The lowest BCUT2D eigenvalue weighted by atomic mass is 10.0. The third kappa shape index (κ3) is 17.6. The molecule has 9 atom stereocenters. The minimum Gasteiger partial charge on any atom is -0.480 e. The number of hydrogen-bond acceptors (Lipinski definition) is 14. The number of nitrogens with two attached hydrogens (primary N) is 5. The number of rotatable bonds is 28. The molecule has 9 amide bonds. The SMILES string of the molecule is CC(C)C[C@H](NC(=O)[C@H](CCCCN)NC(=O)[C@H](C)NC(=O)[C@@H]1CCCN1C(=O)[C@@H]1CCCN1C(=O)[C@@H](N)CS)C(=O)N[C@@H](CCC(N)=O)C(=O)N1CCC[C@H]1C(=O)N[C@@H](CCCN=C(N)N)C(=O)O. The molecule has 16 N–H and O–H groups in total. The van der Waals surface area contributed by atoms with E-state index in [9.17, 15) is 53.1 Å². The number of carbonyl (C=O) groups excluding carboxylic acids is 9. The van der Waals surface area contributed by atoms with Crippen LogP contribution in [0.3, 0.4) is 0 Å². The smallest absolute Gasteiger partial charge is 0.326 e. The number of nitrogens with zero attached hydrogens (tertiary/aromatic N) is 4. The number of likely N-dealkylation sites (tertiary alicyclic amines) is 3. The van der Waals surface area contributed by atoms with Crippen molar-refractivity contribution in [1.82, 2.24) is 41.3 Å². The van der Waals surface area contributed by atoms with Crippen molar-refractivity contribution in [2.75, 3.05) is 38.5 Å². The van der Waals surface area contributed by atoms with E-state index in [0.717, 1.165) is 0 Å². The van der Waals surface area contributed by atoms with Gasteiger partial charge in [-0.2, -0.15) is 12.6 Å². The Kier molecular flexibility index (Phi) is 24.1. The van der Waals surface area contributed by atoms with Crippen LogP contribution in [0.1, 0.15) is 111 Å². The summed E-state index contributed by atoms with van der Waals surface area (Å²) >= 11 is 4.11. The topological polar surface area (TPSA) is 403 Å². The van der Waals surface area contributed by atoms with Crippen molar-refractivity contribution in [3.63, 3.8) is 0 Å². The number of hydrogen-bond donors (Lipinski definition) is 12.